The van der Waals surface area contributed by atoms with Gasteiger partial charge in [0.15, 0.2) is 23.6 Å². The first kappa shape index (κ1) is 32.3. The molecule has 13 heteroatoms. The Bertz CT molecular complexity index is 1670. The molecule has 44 heavy (non-hydrogen) atoms. The lowest BCUT2D eigenvalue weighted by molar-refractivity contribution is -0.304. The number of amides is 2. The van der Waals surface area contributed by atoms with Crippen LogP contribution in [0.2, 0.25) is 0 Å². The van der Waals surface area contributed by atoms with Crippen molar-refractivity contribution in [2.75, 3.05) is 12.4 Å². The minimum absolute atomic E-state index is 0.0183. The highest BCUT2D eigenvalue weighted by Crippen LogP contribution is 2.38. The topological polar surface area (TPSA) is 200 Å². The molecular formula is C31H36N2O11. The standard InChI is InChI=1S/C31H36N2O11/c1-14(2)7-8-16-13-17(9-11-19(16)34)27(37)33-21-22(35)18-10-12-20(15(3)24(18)42-28(21)38)41-29-23(36)25(43-30(32)39)26(40-6)31(4,5)44-29/h7,9-13,23,25-26,29,34-36H,8H2,1-6H3,(H2,32,39)(H,33,37)/t23-,25?,26-,29-/m1/s1. The van der Waals surface area contributed by atoms with Crippen molar-refractivity contribution in [3.8, 4) is 17.2 Å². The fraction of sp³-hybridized carbons (Fsp3) is 0.387. The van der Waals surface area contributed by atoms with Crippen molar-refractivity contribution >= 4 is 28.7 Å². The molecule has 0 aliphatic carbocycles. The number of aromatic hydroxyl groups is 2. The Morgan fingerprint density at radius 2 is 1.86 bits per heavy atom. The number of nitrogens with one attached hydrogen (secondary N) is 1. The van der Waals surface area contributed by atoms with Gasteiger partial charge in [0.05, 0.1) is 11.0 Å². The van der Waals surface area contributed by atoms with Gasteiger partial charge in [-0.2, -0.15) is 0 Å². The molecule has 4 rings (SSSR count). The summed E-state index contributed by atoms with van der Waals surface area (Å²) in [4.78, 5) is 37.5. The molecule has 6 N–H and O–H groups in total. The third kappa shape index (κ3) is 6.49. The molecule has 1 fully saturated rings. The first-order chi connectivity index (χ1) is 20.6. The molecule has 13 nitrogen and oxygen atoms in total. The lowest BCUT2D eigenvalue weighted by atomic mass is 9.89. The number of phenols is 1. The van der Waals surface area contributed by atoms with E-state index in [-0.39, 0.29) is 33.6 Å². The van der Waals surface area contributed by atoms with Gasteiger partial charge < -0.3 is 49.7 Å². The summed E-state index contributed by atoms with van der Waals surface area (Å²) in [5.74, 6) is -1.09. The molecule has 0 spiro atoms. The minimum Gasteiger partial charge on any atom is -0.508 e. The number of carbonyl (C=O) groups excluding carboxylic acids is 2. The number of ether oxygens (including phenoxy) is 4. The van der Waals surface area contributed by atoms with Crippen LogP contribution in [0.25, 0.3) is 11.0 Å². The number of nitrogens with two attached hydrogens (primary N) is 1. The van der Waals surface area contributed by atoms with Crippen molar-refractivity contribution in [3.63, 3.8) is 0 Å². The Labute approximate surface area is 252 Å². The van der Waals surface area contributed by atoms with E-state index in [2.05, 4.69) is 5.32 Å². The van der Waals surface area contributed by atoms with Crippen LogP contribution in [0.15, 0.2) is 51.2 Å². The van der Waals surface area contributed by atoms with Crippen LogP contribution in [0.4, 0.5) is 10.5 Å². The Morgan fingerprint density at radius 3 is 2.50 bits per heavy atom. The molecule has 2 amide bonds. The van der Waals surface area contributed by atoms with Gasteiger partial charge in [-0.15, -0.1) is 0 Å². The Kier molecular flexibility index (Phi) is 9.23. The van der Waals surface area contributed by atoms with Gasteiger partial charge in [0, 0.05) is 18.2 Å². The fourth-order valence-corrected chi connectivity index (χ4v) is 5.06. The minimum atomic E-state index is -1.52. The van der Waals surface area contributed by atoms with Crippen molar-refractivity contribution in [3.05, 3.63) is 69.1 Å². The quantitative estimate of drug-likeness (QED) is 0.184. The van der Waals surface area contributed by atoms with Crippen LogP contribution in [0.3, 0.4) is 0 Å². The van der Waals surface area contributed by atoms with Gasteiger partial charge in [-0.05, 0) is 76.9 Å². The molecule has 1 unspecified atom stereocenters. The molecule has 3 aromatic rings. The number of rotatable bonds is 8. The molecule has 2 aromatic carbocycles. The van der Waals surface area contributed by atoms with Crippen LogP contribution in [0.5, 0.6) is 17.2 Å². The molecule has 0 radical (unpaired) electrons. The monoisotopic (exact) mass is 612 g/mol. The molecule has 236 valence electrons. The predicted molar refractivity (Wildman–Crippen MR) is 159 cm³/mol. The van der Waals surface area contributed by atoms with E-state index in [1.54, 1.807) is 20.8 Å². The van der Waals surface area contributed by atoms with E-state index in [0.29, 0.717) is 12.0 Å². The van der Waals surface area contributed by atoms with E-state index in [1.807, 2.05) is 19.9 Å². The molecular weight excluding hydrogens is 576 g/mol. The number of methoxy groups -OCH3 is 1. The highest BCUT2D eigenvalue weighted by Gasteiger charge is 2.53. The average Bonchev–Trinajstić information content (AvgIpc) is 2.94. The van der Waals surface area contributed by atoms with Gasteiger partial charge in [0.1, 0.15) is 23.2 Å². The van der Waals surface area contributed by atoms with Gasteiger partial charge >= 0.3 is 11.7 Å². The highest BCUT2D eigenvalue weighted by molar-refractivity contribution is 6.06. The number of fused-ring (bicyclic) bond motifs is 1. The maximum absolute atomic E-state index is 13.0. The van der Waals surface area contributed by atoms with Crippen molar-refractivity contribution in [1.82, 2.24) is 0 Å². The lowest BCUT2D eigenvalue weighted by Gasteiger charge is -2.47. The number of hydrogen-bond donors (Lipinski definition) is 5. The number of allylic oxidation sites excluding steroid dienone is 2. The van der Waals surface area contributed by atoms with Crippen LogP contribution in [-0.4, -0.2) is 64.6 Å². The largest absolute Gasteiger partial charge is 0.508 e. The van der Waals surface area contributed by atoms with Gasteiger partial charge in [-0.25, -0.2) is 9.59 Å². The van der Waals surface area contributed by atoms with Crippen molar-refractivity contribution in [1.29, 1.82) is 0 Å². The van der Waals surface area contributed by atoms with Gasteiger partial charge in [0.2, 0.25) is 6.29 Å². The second kappa shape index (κ2) is 12.6. The first-order valence-electron chi connectivity index (χ1n) is 13.7. The van der Waals surface area contributed by atoms with Crippen LogP contribution in [0, 0.1) is 6.92 Å². The summed E-state index contributed by atoms with van der Waals surface area (Å²) in [7, 11) is 1.37. The second-order valence-corrected chi connectivity index (χ2v) is 11.2. The summed E-state index contributed by atoms with van der Waals surface area (Å²) in [5, 5.41) is 34.6. The summed E-state index contributed by atoms with van der Waals surface area (Å²) < 4.78 is 27.9. The van der Waals surface area contributed by atoms with Gasteiger partial charge in [-0.1, -0.05) is 11.6 Å². The smallest absolute Gasteiger partial charge is 0.404 e. The second-order valence-electron chi connectivity index (χ2n) is 11.2. The molecule has 1 aromatic heterocycles. The predicted octanol–water partition coefficient (Wildman–Crippen LogP) is 3.63. The molecule has 1 aliphatic rings. The van der Waals surface area contributed by atoms with Crippen molar-refractivity contribution < 1.29 is 48.3 Å². The molecule has 1 aliphatic heterocycles. The number of phenolic OH excluding ortho intramolecular Hbond substituents is 1. The Morgan fingerprint density at radius 1 is 1.16 bits per heavy atom. The molecule has 1 saturated heterocycles. The average molecular weight is 613 g/mol. The maximum atomic E-state index is 13.0. The maximum Gasteiger partial charge on any atom is 0.404 e. The van der Waals surface area contributed by atoms with Crippen LogP contribution < -0.4 is 21.4 Å². The Balaban J connectivity index is 1.63. The summed E-state index contributed by atoms with van der Waals surface area (Å²) in [6.45, 7) is 8.69. The number of primary amides is 1. The van der Waals surface area contributed by atoms with Crippen molar-refractivity contribution in [2.45, 2.75) is 71.2 Å². The third-order valence-corrected chi connectivity index (χ3v) is 7.33. The fourth-order valence-electron chi connectivity index (χ4n) is 5.06. The number of aliphatic hydroxyl groups excluding tert-OH is 1. The van der Waals surface area contributed by atoms with E-state index < -0.39 is 59.3 Å². The van der Waals surface area contributed by atoms with E-state index in [0.717, 1.165) is 5.57 Å². The van der Waals surface area contributed by atoms with E-state index >= 15 is 0 Å². The number of hydrogen-bond acceptors (Lipinski definition) is 11. The lowest BCUT2D eigenvalue weighted by Crippen LogP contribution is -2.65. The van der Waals surface area contributed by atoms with Crippen molar-refractivity contribution in [2.24, 2.45) is 5.73 Å². The number of benzene rings is 2. The van der Waals surface area contributed by atoms with Gasteiger partial charge in [0.25, 0.3) is 5.91 Å². The van der Waals surface area contributed by atoms with Crippen LogP contribution >= 0.6 is 0 Å². The zero-order chi connectivity index (χ0) is 32.5. The highest BCUT2D eigenvalue weighted by atomic mass is 16.7. The number of carbonyl (C=O) groups is 2. The van der Waals surface area contributed by atoms with Crippen LogP contribution in [0.1, 0.15) is 49.2 Å². The van der Waals surface area contributed by atoms with E-state index in [4.69, 9.17) is 29.1 Å². The van der Waals surface area contributed by atoms with Gasteiger partial charge in [-0.3, -0.25) is 4.79 Å². The zero-order valence-corrected chi connectivity index (χ0v) is 25.2. The normalized spacial score (nSPS) is 21.0. The number of aliphatic hydroxyl groups is 1. The van der Waals surface area contributed by atoms with E-state index in [1.165, 1.54) is 37.4 Å². The molecule has 2 heterocycles. The molecule has 0 saturated carbocycles. The Hall–Kier alpha value is -4.59. The molecule has 4 atom stereocenters. The number of aryl methyl sites for hydroxylation is 1. The summed E-state index contributed by atoms with van der Waals surface area (Å²) in [6.07, 6.45) is -3.81. The first-order valence-corrected chi connectivity index (χ1v) is 13.7. The SMILES string of the molecule is CO[C@@H]1C(OC(N)=O)[C@@H](O)[C@H](Oc2ccc3c(O)c(NC(=O)c4ccc(O)c(CC=C(C)C)c4)c(=O)oc3c2C)OC1(C)C. The number of anilines is 1. The van der Waals surface area contributed by atoms with Crippen LogP contribution in [-0.2, 0) is 20.6 Å². The van der Waals surface area contributed by atoms with E-state index in [9.17, 15) is 29.7 Å². The third-order valence-electron chi connectivity index (χ3n) is 7.33. The summed E-state index contributed by atoms with van der Waals surface area (Å²) >= 11 is 0. The summed E-state index contributed by atoms with van der Waals surface area (Å²) in [6, 6.07) is 7.12. The summed E-state index contributed by atoms with van der Waals surface area (Å²) in [5.41, 5.74) is 4.54. The zero-order valence-electron chi connectivity index (χ0n) is 25.2. The molecule has 0 bridgehead atoms.